The molecule has 1 aromatic rings. The van der Waals surface area contributed by atoms with Crippen LogP contribution in [0.25, 0.3) is 0 Å². The topological polar surface area (TPSA) is 46.2 Å². The molecule has 1 aliphatic rings. The minimum absolute atomic E-state index is 0.210. The van der Waals surface area contributed by atoms with Gasteiger partial charge in [0.1, 0.15) is 9.84 Å². The van der Waals surface area contributed by atoms with Crippen molar-refractivity contribution in [2.75, 3.05) is 11.6 Å². The molecule has 1 aliphatic carbocycles. The van der Waals surface area contributed by atoms with Gasteiger partial charge in [0.2, 0.25) is 0 Å². The van der Waals surface area contributed by atoms with Crippen molar-refractivity contribution < 1.29 is 8.42 Å². The predicted molar refractivity (Wildman–Crippen MR) is 80.7 cm³/mol. The zero-order valence-electron chi connectivity index (χ0n) is 11.3. The van der Waals surface area contributed by atoms with Crippen LogP contribution in [0.5, 0.6) is 0 Å². The van der Waals surface area contributed by atoms with Gasteiger partial charge in [0.05, 0.1) is 5.25 Å². The molecule has 1 saturated carbocycles. The van der Waals surface area contributed by atoms with E-state index < -0.39 is 9.84 Å². The SMILES string of the molecule is Cc1ccc(Cl)cc1NC1CCCC(S(C)(=O)=O)C1. The van der Waals surface area contributed by atoms with Crippen molar-refractivity contribution in [3.8, 4) is 0 Å². The molecular weight excluding hydrogens is 282 g/mol. The van der Waals surface area contributed by atoms with Gasteiger partial charge in [-0.3, -0.25) is 0 Å². The van der Waals surface area contributed by atoms with E-state index in [0.29, 0.717) is 11.4 Å². The van der Waals surface area contributed by atoms with Crippen molar-refractivity contribution in [1.29, 1.82) is 0 Å². The highest BCUT2D eigenvalue weighted by molar-refractivity contribution is 7.91. The number of aryl methyl sites for hydroxylation is 1. The summed E-state index contributed by atoms with van der Waals surface area (Å²) in [6.45, 7) is 2.02. The van der Waals surface area contributed by atoms with Gasteiger partial charge in [-0.05, 0) is 43.9 Å². The molecule has 1 fully saturated rings. The largest absolute Gasteiger partial charge is 0.382 e. The molecule has 2 atom stereocenters. The van der Waals surface area contributed by atoms with Crippen molar-refractivity contribution in [2.24, 2.45) is 0 Å². The minimum Gasteiger partial charge on any atom is -0.382 e. The van der Waals surface area contributed by atoms with E-state index in [1.165, 1.54) is 6.26 Å². The fourth-order valence-corrected chi connectivity index (χ4v) is 3.98. The molecular formula is C14H20ClNO2S. The lowest BCUT2D eigenvalue weighted by Crippen LogP contribution is -2.34. The molecule has 0 radical (unpaired) electrons. The number of benzene rings is 1. The third-order valence-electron chi connectivity index (χ3n) is 3.79. The number of halogens is 1. The van der Waals surface area contributed by atoms with Crippen molar-refractivity contribution in [3.63, 3.8) is 0 Å². The molecule has 1 N–H and O–H groups in total. The summed E-state index contributed by atoms with van der Waals surface area (Å²) in [4.78, 5) is 0. The van der Waals surface area contributed by atoms with Gasteiger partial charge in [-0.1, -0.05) is 24.1 Å². The second-order valence-electron chi connectivity index (χ2n) is 5.42. The second kappa shape index (κ2) is 5.71. The first-order valence-electron chi connectivity index (χ1n) is 6.58. The van der Waals surface area contributed by atoms with Crippen molar-refractivity contribution >= 4 is 27.1 Å². The summed E-state index contributed by atoms with van der Waals surface area (Å²) < 4.78 is 23.3. The van der Waals surface area contributed by atoms with Crippen LogP contribution < -0.4 is 5.32 Å². The lowest BCUT2D eigenvalue weighted by molar-refractivity contribution is 0.453. The standard InChI is InChI=1S/C14H20ClNO2S/c1-10-6-7-11(15)8-14(10)16-12-4-3-5-13(9-12)19(2,17)18/h6-8,12-13,16H,3-5,9H2,1-2H3. The maximum Gasteiger partial charge on any atom is 0.150 e. The number of hydrogen-bond donors (Lipinski definition) is 1. The monoisotopic (exact) mass is 301 g/mol. The Morgan fingerprint density at radius 3 is 2.74 bits per heavy atom. The summed E-state index contributed by atoms with van der Waals surface area (Å²) in [6, 6.07) is 5.95. The molecule has 0 saturated heterocycles. The summed E-state index contributed by atoms with van der Waals surface area (Å²) in [5.74, 6) is 0. The van der Waals surface area contributed by atoms with Crippen LogP contribution in [0.15, 0.2) is 18.2 Å². The highest BCUT2D eigenvalue weighted by Crippen LogP contribution is 2.28. The Hall–Kier alpha value is -0.740. The first-order chi connectivity index (χ1) is 8.86. The van der Waals surface area contributed by atoms with E-state index in [1.54, 1.807) is 0 Å². The third-order valence-corrected chi connectivity index (χ3v) is 5.67. The Morgan fingerprint density at radius 2 is 2.05 bits per heavy atom. The Balaban J connectivity index is 2.09. The summed E-state index contributed by atoms with van der Waals surface area (Å²) in [7, 11) is -2.94. The molecule has 0 amide bonds. The molecule has 19 heavy (non-hydrogen) atoms. The van der Waals surface area contributed by atoms with E-state index in [-0.39, 0.29) is 11.3 Å². The average molecular weight is 302 g/mol. The highest BCUT2D eigenvalue weighted by atomic mass is 35.5. The van der Waals surface area contributed by atoms with E-state index in [1.807, 2.05) is 25.1 Å². The second-order valence-corrected chi connectivity index (χ2v) is 8.18. The summed E-state index contributed by atoms with van der Waals surface area (Å²) >= 11 is 6.00. The maximum atomic E-state index is 11.7. The molecule has 2 unspecified atom stereocenters. The molecule has 3 nitrogen and oxygen atoms in total. The van der Waals surface area contributed by atoms with E-state index >= 15 is 0 Å². The van der Waals surface area contributed by atoms with E-state index in [0.717, 1.165) is 30.5 Å². The number of rotatable bonds is 3. The van der Waals surface area contributed by atoms with Crippen LogP contribution in [0.4, 0.5) is 5.69 Å². The molecule has 1 aromatic carbocycles. The number of hydrogen-bond acceptors (Lipinski definition) is 3. The number of nitrogens with one attached hydrogen (secondary N) is 1. The number of sulfone groups is 1. The molecule has 0 aromatic heterocycles. The van der Waals surface area contributed by atoms with Crippen LogP contribution in [0.3, 0.4) is 0 Å². The van der Waals surface area contributed by atoms with Gasteiger partial charge in [-0.25, -0.2) is 8.42 Å². The molecule has 0 bridgehead atoms. The van der Waals surface area contributed by atoms with E-state index in [2.05, 4.69) is 5.32 Å². The van der Waals surface area contributed by atoms with Gasteiger partial charge >= 0.3 is 0 Å². The van der Waals surface area contributed by atoms with Crippen LogP contribution in [0.1, 0.15) is 31.2 Å². The Morgan fingerprint density at radius 1 is 1.32 bits per heavy atom. The number of anilines is 1. The van der Waals surface area contributed by atoms with Crippen molar-refractivity contribution in [1.82, 2.24) is 0 Å². The maximum absolute atomic E-state index is 11.7. The third kappa shape index (κ3) is 3.86. The van der Waals surface area contributed by atoms with Crippen LogP contribution in [0.2, 0.25) is 5.02 Å². The molecule has 2 rings (SSSR count). The van der Waals surface area contributed by atoms with Gasteiger partial charge < -0.3 is 5.32 Å². The minimum atomic E-state index is -2.94. The molecule has 0 spiro atoms. The molecule has 0 heterocycles. The summed E-state index contributed by atoms with van der Waals surface area (Å²) in [6.07, 6.45) is 4.77. The smallest absolute Gasteiger partial charge is 0.150 e. The quantitative estimate of drug-likeness (QED) is 0.930. The first kappa shape index (κ1) is 14.7. The van der Waals surface area contributed by atoms with Gasteiger partial charge in [0.25, 0.3) is 0 Å². The van der Waals surface area contributed by atoms with Gasteiger partial charge in [-0.15, -0.1) is 0 Å². The molecule has 5 heteroatoms. The zero-order chi connectivity index (χ0) is 14.0. The van der Waals surface area contributed by atoms with Crippen LogP contribution in [0, 0.1) is 6.92 Å². The average Bonchev–Trinajstić information content (AvgIpc) is 2.33. The fraction of sp³-hybridized carbons (Fsp3) is 0.571. The predicted octanol–water partition coefficient (Wildman–Crippen LogP) is 3.42. The van der Waals surface area contributed by atoms with Gasteiger partial charge in [0, 0.05) is 23.0 Å². The fourth-order valence-electron chi connectivity index (χ4n) is 2.63. The van der Waals surface area contributed by atoms with E-state index in [9.17, 15) is 8.42 Å². The zero-order valence-corrected chi connectivity index (χ0v) is 12.9. The van der Waals surface area contributed by atoms with Gasteiger partial charge in [-0.2, -0.15) is 0 Å². The van der Waals surface area contributed by atoms with Crippen molar-refractivity contribution in [3.05, 3.63) is 28.8 Å². The molecule has 0 aliphatic heterocycles. The highest BCUT2D eigenvalue weighted by Gasteiger charge is 2.28. The lowest BCUT2D eigenvalue weighted by Gasteiger charge is -2.30. The Kier molecular flexibility index (Phi) is 4.41. The van der Waals surface area contributed by atoms with Crippen LogP contribution in [-0.4, -0.2) is 26.0 Å². The molecule has 106 valence electrons. The first-order valence-corrected chi connectivity index (χ1v) is 8.91. The summed E-state index contributed by atoms with van der Waals surface area (Å²) in [5, 5.41) is 3.93. The summed E-state index contributed by atoms with van der Waals surface area (Å²) in [5.41, 5.74) is 2.14. The van der Waals surface area contributed by atoms with Crippen LogP contribution in [-0.2, 0) is 9.84 Å². The normalized spacial score (nSPS) is 24.2. The Labute approximate surface area is 120 Å². The lowest BCUT2D eigenvalue weighted by atomic mass is 9.94. The van der Waals surface area contributed by atoms with Gasteiger partial charge in [0.15, 0.2) is 0 Å². The van der Waals surface area contributed by atoms with Crippen LogP contribution >= 0.6 is 11.6 Å². The van der Waals surface area contributed by atoms with Crippen molar-refractivity contribution in [2.45, 2.75) is 43.9 Å². The van der Waals surface area contributed by atoms with E-state index in [4.69, 9.17) is 11.6 Å². The Bertz CT molecular complexity index is 557.